The van der Waals surface area contributed by atoms with E-state index in [-0.39, 0.29) is 11.4 Å². The largest absolute Gasteiger partial charge is 0.250 e. The summed E-state index contributed by atoms with van der Waals surface area (Å²) in [6, 6.07) is 4.10. The molecule has 0 saturated heterocycles. The molecule has 0 atom stereocenters. The fourth-order valence-electron chi connectivity index (χ4n) is 1.89. The highest BCUT2D eigenvalue weighted by atomic mass is 19.1. The highest BCUT2D eigenvalue weighted by Crippen LogP contribution is 2.27. The van der Waals surface area contributed by atoms with Crippen molar-refractivity contribution >= 4 is 10.9 Å². The number of benzene rings is 1. The van der Waals surface area contributed by atoms with Crippen LogP contribution in [0.3, 0.4) is 0 Å². The van der Waals surface area contributed by atoms with E-state index in [1.165, 1.54) is 6.07 Å². The Hall–Kier alpha value is -1.51. The van der Waals surface area contributed by atoms with Gasteiger partial charge >= 0.3 is 0 Å². The summed E-state index contributed by atoms with van der Waals surface area (Å²) in [5, 5.41) is 0.568. The van der Waals surface area contributed by atoms with E-state index in [9.17, 15) is 8.78 Å². The molecule has 1 nitrogen and oxygen atoms in total. The number of pyridine rings is 1. The fraction of sp³-hybridized carbons (Fsp3) is 0.308. The standard InChI is InChI=1S/C13H13F2N/c1-7(2)10-4-8(3)16-13-11(10)5-9(14)6-12(13)15/h4-7H,1-3H3. The lowest BCUT2D eigenvalue weighted by molar-refractivity contribution is 0.590. The molecular formula is C13H13F2N. The van der Waals surface area contributed by atoms with Gasteiger partial charge in [0, 0.05) is 17.1 Å². The lowest BCUT2D eigenvalue weighted by Crippen LogP contribution is -1.97. The molecule has 1 heterocycles. The second-order valence-corrected chi connectivity index (χ2v) is 4.29. The minimum atomic E-state index is -0.597. The zero-order chi connectivity index (χ0) is 11.9. The maximum Gasteiger partial charge on any atom is 0.152 e. The minimum Gasteiger partial charge on any atom is -0.250 e. The van der Waals surface area contributed by atoms with E-state index in [1.54, 1.807) is 0 Å². The SMILES string of the molecule is Cc1cc(C(C)C)c2cc(F)cc(F)c2n1. The molecule has 16 heavy (non-hydrogen) atoms. The van der Waals surface area contributed by atoms with Crippen molar-refractivity contribution in [2.75, 3.05) is 0 Å². The molecule has 0 radical (unpaired) electrons. The van der Waals surface area contributed by atoms with Gasteiger partial charge in [0.2, 0.25) is 0 Å². The van der Waals surface area contributed by atoms with Gasteiger partial charge in [-0.2, -0.15) is 0 Å². The molecular weight excluding hydrogens is 208 g/mol. The Morgan fingerprint density at radius 2 is 1.81 bits per heavy atom. The van der Waals surface area contributed by atoms with Crippen LogP contribution in [0.2, 0.25) is 0 Å². The third kappa shape index (κ3) is 1.77. The third-order valence-electron chi connectivity index (χ3n) is 2.61. The predicted octanol–water partition coefficient (Wildman–Crippen LogP) is 3.94. The Morgan fingerprint density at radius 3 is 2.44 bits per heavy atom. The van der Waals surface area contributed by atoms with Crippen molar-refractivity contribution in [1.29, 1.82) is 0 Å². The molecule has 0 saturated carbocycles. The van der Waals surface area contributed by atoms with Gasteiger partial charge in [0.05, 0.1) is 0 Å². The van der Waals surface area contributed by atoms with Gasteiger partial charge in [0.15, 0.2) is 5.82 Å². The lowest BCUT2D eigenvalue weighted by Gasteiger charge is -2.11. The number of aryl methyl sites for hydroxylation is 1. The molecule has 84 valence electrons. The Morgan fingerprint density at radius 1 is 1.12 bits per heavy atom. The van der Waals surface area contributed by atoms with Crippen molar-refractivity contribution in [3.8, 4) is 0 Å². The number of nitrogens with zero attached hydrogens (tertiary/aromatic N) is 1. The highest BCUT2D eigenvalue weighted by Gasteiger charge is 2.12. The van der Waals surface area contributed by atoms with Crippen LogP contribution >= 0.6 is 0 Å². The molecule has 0 N–H and O–H groups in total. The summed E-state index contributed by atoms with van der Waals surface area (Å²) in [6.07, 6.45) is 0. The van der Waals surface area contributed by atoms with Gasteiger partial charge in [0.25, 0.3) is 0 Å². The molecule has 0 aliphatic carbocycles. The van der Waals surface area contributed by atoms with Crippen LogP contribution in [0, 0.1) is 18.6 Å². The van der Waals surface area contributed by atoms with Crippen molar-refractivity contribution in [2.24, 2.45) is 0 Å². The number of hydrogen-bond donors (Lipinski definition) is 0. The molecule has 2 aromatic rings. The van der Waals surface area contributed by atoms with E-state index in [1.807, 2.05) is 26.8 Å². The molecule has 0 spiro atoms. The van der Waals surface area contributed by atoms with E-state index in [0.717, 1.165) is 17.3 Å². The van der Waals surface area contributed by atoms with Crippen molar-refractivity contribution in [3.63, 3.8) is 0 Å². The summed E-state index contributed by atoms with van der Waals surface area (Å²) >= 11 is 0. The molecule has 3 heteroatoms. The Balaban J connectivity index is 2.89. The molecule has 0 amide bonds. The summed E-state index contributed by atoms with van der Waals surface area (Å²) in [5.41, 5.74) is 1.94. The number of aromatic nitrogens is 1. The monoisotopic (exact) mass is 221 g/mol. The normalized spacial score (nSPS) is 11.4. The van der Waals surface area contributed by atoms with E-state index in [0.29, 0.717) is 5.39 Å². The first-order chi connectivity index (χ1) is 7.49. The van der Waals surface area contributed by atoms with Gasteiger partial charge in [-0.25, -0.2) is 8.78 Å². The van der Waals surface area contributed by atoms with Crippen LogP contribution in [0.25, 0.3) is 10.9 Å². The fourth-order valence-corrected chi connectivity index (χ4v) is 1.89. The van der Waals surface area contributed by atoms with Crippen molar-refractivity contribution in [1.82, 2.24) is 4.98 Å². The van der Waals surface area contributed by atoms with Crippen LogP contribution in [0.5, 0.6) is 0 Å². The first-order valence-electron chi connectivity index (χ1n) is 5.25. The molecule has 1 aromatic carbocycles. The molecule has 0 bridgehead atoms. The maximum absolute atomic E-state index is 13.6. The second kappa shape index (κ2) is 3.81. The maximum atomic E-state index is 13.6. The van der Waals surface area contributed by atoms with Crippen LogP contribution < -0.4 is 0 Å². The van der Waals surface area contributed by atoms with Crippen LogP contribution in [0.1, 0.15) is 31.0 Å². The summed E-state index contributed by atoms with van der Waals surface area (Å²) in [4.78, 5) is 4.12. The first kappa shape index (κ1) is 11.0. The van der Waals surface area contributed by atoms with Gasteiger partial charge in [-0.05, 0) is 30.5 Å². The first-order valence-corrected chi connectivity index (χ1v) is 5.25. The van der Waals surface area contributed by atoms with Crippen molar-refractivity contribution < 1.29 is 8.78 Å². The number of fused-ring (bicyclic) bond motifs is 1. The number of rotatable bonds is 1. The zero-order valence-corrected chi connectivity index (χ0v) is 9.51. The third-order valence-corrected chi connectivity index (χ3v) is 2.61. The van der Waals surface area contributed by atoms with Gasteiger partial charge in [-0.15, -0.1) is 0 Å². The smallest absolute Gasteiger partial charge is 0.152 e. The van der Waals surface area contributed by atoms with Crippen LogP contribution in [0.15, 0.2) is 18.2 Å². The van der Waals surface area contributed by atoms with Crippen LogP contribution in [0.4, 0.5) is 8.78 Å². The van der Waals surface area contributed by atoms with Gasteiger partial charge in [-0.3, -0.25) is 4.98 Å². The number of halogens is 2. The summed E-state index contributed by atoms with van der Waals surface area (Å²) in [6.45, 7) is 5.81. The molecule has 0 aliphatic rings. The topological polar surface area (TPSA) is 12.9 Å². The van der Waals surface area contributed by atoms with Crippen molar-refractivity contribution in [3.05, 3.63) is 41.1 Å². The number of hydrogen-bond acceptors (Lipinski definition) is 1. The van der Waals surface area contributed by atoms with Gasteiger partial charge in [0.1, 0.15) is 11.3 Å². The van der Waals surface area contributed by atoms with Crippen LogP contribution in [-0.4, -0.2) is 4.98 Å². The molecule has 0 aliphatic heterocycles. The van der Waals surface area contributed by atoms with Crippen LogP contribution in [-0.2, 0) is 0 Å². The van der Waals surface area contributed by atoms with E-state index >= 15 is 0 Å². The second-order valence-electron chi connectivity index (χ2n) is 4.29. The zero-order valence-electron chi connectivity index (χ0n) is 9.51. The average Bonchev–Trinajstić information content (AvgIpc) is 2.18. The van der Waals surface area contributed by atoms with Gasteiger partial charge in [-0.1, -0.05) is 13.8 Å². The Labute approximate surface area is 93.1 Å². The highest BCUT2D eigenvalue weighted by molar-refractivity contribution is 5.83. The predicted molar refractivity (Wildman–Crippen MR) is 60.5 cm³/mol. The molecule has 1 aromatic heterocycles. The van der Waals surface area contributed by atoms with E-state index in [4.69, 9.17) is 0 Å². The Kier molecular flexibility index (Phi) is 2.62. The molecule has 0 fully saturated rings. The van der Waals surface area contributed by atoms with E-state index in [2.05, 4.69) is 4.98 Å². The summed E-state index contributed by atoms with van der Waals surface area (Å²) < 4.78 is 26.7. The molecule has 2 rings (SSSR count). The lowest BCUT2D eigenvalue weighted by atomic mass is 9.98. The van der Waals surface area contributed by atoms with Gasteiger partial charge < -0.3 is 0 Å². The summed E-state index contributed by atoms with van der Waals surface area (Å²) in [5.74, 6) is -0.941. The Bertz CT molecular complexity index is 547. The minimum absolute atomic E-state index is 0.213. The molecule has 0 unspecified atom stereocenters. The van der Waals surface area contributed by atoms with E-state index < -0.39 is 11.6 Å². The van der Waals surface area contributed by atoms with Crippen molar-refractivity contribution in [2.45, 2.75) is 26.7 Å². The quantitative estimate of drug-likeness (QED) is 0.710. The average molecular weight is 221 g/mol. The summed E-state index contributed by atoms with van der Waals surface area (Å²) in [7, 11) is 0.